The smallest absolute Gasteiger partial charge is 0.292 e. The summed E-state index contributed by atoms with van der Waals surface area (Å²) in [5.41, 5.74) is 2.03. The van der Waals surface area contributed by atoms with Crippen LogP contribution in [0.1, 0.15) is 26.3 Å². The Labute approximate surface area is 141 Å². The molecule has 2 aromatic carbocycles. The van der Waals surface area contributed by atoms with E-state index in [1.165, 1.54) is 6.07 Å². The Morgan fingerprint density at radius 3 is 2.46 bits per heavy atom. The molecule has 0 saturated heterocycles. The summed E-state index contributed by atoms with van der Waals surface area (Å²) < 4.78 is 0. The lowest BCUT2D eigenvalue weighted by atomic mass is 10.1. The van der Waals surface area contributed by atoms with E-state index in [1.807, 2.05) is 50.2 Å². The van der Waals surface area contributed by atoms with Crippen LogP contribution in [0.15, 0.2) is 48.5 Å². The highest BCUT2D eigenvalue weighted by molar-refractivity contribution is 5.70. The van der Waals surface area contributed by atoms with Crippen LogP contribution in [0.3, 0.4) is 0 Å². The number of hydrogen-bond donors (Lipinski definition) is 3. The number of nitrogens with one attached hydrogen (secondary N) is 2. The molecule has 24 heavy (non-hydrogen) atoms. The minimum absolute atomic E-state index is 0.0180. The number of nitrogens with zero attached hydrogens (tertiary/aromatic N) is 1. The fraction of sp³-hybridized carbons (Fsp3) is 0.294. The Morgan fingerprint density at radius 2 is 1.88 bits per heavy atom. The maximum Gasteiger partial charge on any atom is 0.292 e. The van der Waals surface area contributed by atoms with Gasteiger partial charge in [0.1, 0.15) is 11.9 Å². The second-order valence-electron chi connectivity index (χ2n) is 4.76. The molecule has 2 rings (SSSR count). The molecule has 0 aliphatic heterocycles. The van der Waals surface area contributed by atoms with Gasteiger partial charge < -0.3 is 5.32 Å². The molecule has 0 aliphatic carbocycles. The largest absolute Gasteiger partial charge is 0.350 e. The molecule has 1 atom stereocenters. The van der Waals surface area contributed by atoms with Crippen LogP contribution in [0, 0.1) is 10.1 Å². The third kappa shape index (κ3) is 5.96. The fourth-order valence-electron chi connectivity index (χ4n) is 1.93. The lowest BCUT2D eigenvalue weighted by Gasteiger charge is -2.12. The van der Waals surface area contributed by atoms with Gasteiger partial charge in [-0.25, -0.2) is 5.90 Å². The third-order valence-corrected chi connectivity index (χ3v) is 3.11. The molecule has 2 aromatic rings. The van der Waals surface area contributed by atoms with Crippen LogP contribution in [0.4, 0.5) is 17.1 Å². The zero-order valence-corrected chi connectivity index (χ0v) is 14.2. The Morgan fingerprint density at radius 1 is 1.21 bits per heavy atom. The SMILES string of the molecule is CC.CC(NCc1ccc(Nc2ccccc2)c([N+](=O)[O-])c1)ON. The van der Waals surface area contributed by atoms with E-state index in [4.69, 9.17) is 5.90 Å². The van der Waals surface area contributed by atoms with E-state index < -0.39 is 4.92 Å². The van der Waals surface area contributed by atoms with Gasteiger partial charge in [0.05, 0.1) is 4.92 Å². The summed E-state index contributed by atoms with van der Waals surface area (Å²) in [7, 11) is 0. The van der Waals surface area contributed by atoms with E-state index >= 15 is 0 Å². The Hall–Kier alpha value is -2.48. The summed E-state index contributed by atoms with van der Waals surface area (Å²) in [4.78, 5) is 15.4. The van der Waals surface area contributed by atoms with Crippen molar-refractivity contribution in [3.63, 3.8) is 0 Å². The predicted octanol–water partition coefficient (Wildman–Crippen LogP) is 3.69. The van der Waals surface area contributed by atoms with Gasteiger partial charge in [0.25, 0.3) is 5.69 Å². The van der Waals surface area contributed by atoms with E-state index in [1.54, 1.807) is 13.0 Å². The van der Waals surface area contributed by atoms with Gasteiger partial charge in [0.2, 0.25) is 0 Å². The lowest BCUT2D eigenvalue weighted by molar-refractivity contribution is -0.384. The fourth-order valence-corrected chi connectivity index (χ4v) is 1.93. The van der Waals surface area contributed by atoms with Crippen LogP contribution >= 0.6 is 0 Å². The van der Waals surface area contributed by atoms with E-state index in [9.17, 15) is 10.1 Å². The number of rotatable bonds is 7. The first-order valence-electron chi connectivity index (χ1n) is 7.78. The molecule has 0 bridgehead atoms. The van der Waals surface area contributed by atoms with Gasteiger partial charge in [-0.1, -0.05) is 38.1 Å². The molecule has 0 amide bonds. The molecular formula is C17H24N4O3. The van der Waals surface area contributed by atoms with Gasteiger partial charge in [0, 0.05) is 18.3 Å². The number of para-hydroxylation sites is 1. The summed E-state index contributed by atoms with van der Waals surface area (Å²) in [6.45, 7) is 6.17. The van der Waals surface area contributed by atoms with E-state index in [0.717, 1.165) is 11.3 Å². The van der Waals surface area contributed by atoms with Crippen LogP contribution in [-0.4, -0.2) is 11.2 Å². The minimum atomic E-state index is -0.405. The van der Waals surface area contributed by atoms with E-state index in [0.29, 0.717) is 12.2 Å². The standard InChI is InChI=1S/C15H18N4O3.C2H6/c1-11(22-16)17-10-12-7-8-14(15(9-12)19(20)21)18-13-5-3-2-4-6-13;1-2/h2-9,11,17-18H,10,16H2,1H3;1-2H3. The predicted molar refractivity (Wildman–Crippen MR) is 95.7 cm³/mol. The quantitative estimate of drug-likeness (QED) is 0.406. The molecule has 0 heterocycles. The van der Waals surface area contributed by atoms with Crippen molar-refractivity contribution >= 4 is 17.1 Å². The van der Waals surface area contributed by atoms with Crippen molar-refractivity contribution in [2.45, 2.75) is 33.5 Å². The monoisotopic (exact) mass is 332 g/mol. The van der Waals surface area contributed by atoms with Gasteiger partial charge in [-0.3, -0.25) is 20.3 Å². The number of nitro benzene ring substituents is 1. The molecular weight excluding hydrogens is 308 g/mol. The molecule has 0 saturated carbocycles. The second kappa shape index (κ2) is 10.3. The molecule has 1 unspecified atom stereocenters. The number of nitro groups is 1. The highest BCUT2D eigenvalue weighted by atomic mass is 16.6. The van der Waals surface area contributed by atoms with Crippen molar-refractivity contribution < 1.29 is 9.76 Å². The molecule has 7 heteroatoms. The van der Waals surface area contributed by atoms with Gasteiger partial charge in [0.15, 0.2) is 0 Å². The molecule has 0 spiro atoms. The zero-order chi connectivity index (χ0) is 17.9. The highest BCUT2D eigenvalue weighted by Gasteiger charge is 2.15. The van der Waals surface area contributed by atoms with E-state index in [2.05, 4.69) is 15.5 Å². The average molecular weight is 332 g/mol. The van der Waals surface area contributed by atoms with Crippen molar-refractivity contribution in [1.82, 2.24) is 5.32 Å². The average Bonchev–Trinajstić information content (AvgIpc) is 2.63. The zero-order valence-electron chi connectivity index (χ0n) is 14.2. The molecule has 0 fully saturated rings. The molecule has 4 N–H and O–H groups in total. The highest BCUT2D eigenvalue weighted by Crippen LogP contribution is 2.28. The summed E-state index contributed by atoms with van der Waals surface area (Å²) in [6, 6.07) is 14.3. The number of nitrogens with two attached hydrogens (primary N) is 1. The third-order valence-electron chi connectivity index (χ3n) is 3.11. The van der Waals surface area contributed by atoms with Crippen LogP contribution in [0.25, 0.3) is 0 Å². The summed E-state index contributed by atoms with van der Waals surface area (Å²) in [5, 5.41) is 17.3. The Bertz CT molecular complexity index is 635. The van der Waals surface area contributed by atoms with Crippen molar-refractivity contribution in [1.29, 1.82) is 0 Å². The van der Waals surface area contributed by atoms with Crippen molar-refractivity contribution in [3.8, 4) is 0 Å². The summed E-state index contributed by atoms with van der Waals surface area (Å²) in [5.74, 6) is 5.04. The van der Waals surface area contributed by atoms with Crippen LogP contribution in [0.2, 0.25) is 0 Å². The Kier molecular flexibility index (Phi) is 8.42. The Balaban J connectivity index is 0.00000139. The van der Waals surface area contributed by atoms with Crippen molar-refractivity contribution in [2.75, 3.05) is 5.32 Å². The van der Waals surface area contributed by atoms with Gasteiger partial charge >= 0.3 is 0 Å². The molecule has 130 valence electrons. The van der Waals surface area contributed by atoms with Crippen molar-refractivity contribution in [2.24, 2.45) is 5.90 Å². The first-order valence-corrected chi connectivity index (χ1v) is 7.78. The molecule has 0 aromatic heterocycles. The second-order valence-corrected chi connectivity index (χ2v) is 4.76. The van der Waals surface area contributed by atoms with Crippen molar-refractivity contribution in [3.05, 3.63) is 64.2 Å². The number of anilines is 2. The normalized spacial score (nSPS) is 11.2. The summed E-state index contributed by atoms with van der Waals surface area (Å²) in [6.07, 6.45) is -0.332. The van der Waals surface area contributed by atoms with Crippen LogP contribution in [0.5, 0.6) is 0 Å². The summed E-state index contributed by atoms with van der Waals surface area (Å²) >= 11 is 0. The van der Waals surface area contributed by atoms with Crippen LogP contribution < -0.4 is 16.5 Å². The van der Waals surface area contributed by atoms with Gasteiger partial charge in [-0.2, -0.15) is 0 Å². The van der Waals surface area contributed by atoms with Crippen LogP contribution in [-0.2, 0) is 11.4 Å². The lowest BCUT2D eigenvalue weighted by Crippen LogP contribution is -2.30. The number of benzene rings is 2. The maximum atomic E-state index is 11.3. The topological polar surface area (TPSA) is 102 Å². The molecule has 7 nitrogen and oxygen atoms in total. The molecule has 0 aliphatic rings. The number of hydrogen-bond acceptors (Lipinski definition) is 6. The van der Waals surface area contributed by atoms with Gasteiger partial charge in [-0.05, 0) is 30.7 Å². The first-order chi connectivity index (χ1) is 11.6. The minimum Gasteiger partial charge on any atom is -0.350 e. The maximum absolute atomic E-state index is 11.3. The molecule has 0 radical (unpaired) electrons. The first kappa shape index (κ1) is 19.6. The van der Waals surface area contributed by atoms with Gasteiger partial charge in [-0.15, -0.1) is 0 Å². The van der Waals surface area contributed by atoms with E-state index in [-0.39, 0.29) is 11.9 Å².